The molecule has 32 heavy (non-hydrogen) atoms. The number of benzene rings is 4. The average Bonchev–Trinajstić information content (AvgIpc) is 2.82. The van der Waals surface area contributed by atoms with E-state index >= 15 is 0 Å². The Hall–Kier alpha value is -4.11. The van der Waals surface area contributed by atoms with E-state index in [1.54, 1.807) is 19.1 Å². The minimum absolute atomic E-state index is 0.369. The summed E-state index contributed by atoms with van der Waals surface area (Å²) in [5, 5.41) is 0. The first kappa shape index (κ1) is 21.1. The van der Waals surface area contributed by atoms with E-state index in [4.69, 9.17) is 4.74 Å². The van der Waals surface area contributed by atoms with Crippen molar-refractivity contribution in [2.45, 2.75) is 13.8 Å². The van der Waals surface area contributed by atoms with Crippen molar-refractivity contribution in [3.8, 4) is 16.9 Å². The highest BCUT2D eigenvalue weighted by Crippen LogP contribution is 2.36. The zero-order chi connectivity index (χ0) is 22.5. The Morgan fingerprint density at radius 1 is 0.688 bits per heavy atom. The van der Waals surface area contributed by atoms with E-state index < -0.39 is 5.97 Å². The Morgan fingerprint density at radius 2 is 1.16 bits per heavy atom. The lowest BCUT2D eigenvalue weighted by atomic mass is 10.0. The Morgan fingerprint density at radius 3 is 1.69 bits per heavy atom. The zero-order valence-corrected chi connectivity index (χ0v) is 18.3. The number of carbonyl (C=O) groups excluding carboxylic acids is 1. The molecule has 4 aromatic rings. The van der Waals surface area contributed by atoms with Crippen molar-refractivity contribution >= 4 is 23.0 Å². The third-order valence-electron chi connectivity index (χ3n) is 5.18. The molecule has 4 aromatic carbocycles. The van der Waals surface area contributed by atoms with Gasteiger partial charge >= 0.3 is 5.97 Å². The van der Waals surface area contributed by atoms with Crippen LogP contribution in [0.3, 0.4) is 0 Å². The smallest absolute Gasteiger partial charge is 0.338 e. The maximum Gasteiger partial charge on any atom is 0.338 e. The van der Waals surface area contributed by atoms with Crippen molar-refractivity contribution in [1.29, 1.82) is 0 Å². The summed E-state index contributed by atoms with van der Waals surface area (Å²) < 4.78 is 5.34. The summed E-state index contributed by atoms with van der Waals surface area (Å²) >= 11 is 0. The van der Waals surface area contributed by atoms with Gasteiger partial charge in [0.25, 0.3) is 0 Å². The van der Waals surface area contributed by atoms with Gasteiger partial charge in [0.1, 0.15) is 5.75 Å². The molecule has 0 aliphatic heterocycles. The van der Waals surface area contributed by atoms with Gasteiger partial charge in [0.15, 0.2) is 0 Å². The van der Waals surface area contributed by atoms with Gasteiger partial charge in [-0.05, 0) is 73.5 Å². The van der Waals surface area contributed by atoms with Crippen LogP contribution in [0.5, 0.6) is 5.75 Å². The molecule has 158 valence electrons. The van der Waals surface area contributed by atoms with Crippen LogP contribution in [0, 0.1) is 6.92 Å². The van der Waals surface area contributed by atoms with Gasteiger partial charge in [0.05, 0.1) is 0 Å². The van der Waals surface area contributed by atoms with Crippen LogP contribution in [-0.2, 0) is 4.79 Å². The molecule has 4 rings (SSSR count). The van der Waals surface area contributed by atoms with Crippen LogP contribution in [0.2, 0.25) is 0 Å². The van der Waals surface area contributed by atoms with Gasteiger partial charge in [0.2, 0.25) is 0 Å². The number of hydrogen-bond donors (Lipinski definition) is 0. The van der Waals surface area contributed by atoms with E-state index in [0.29, 0.717) is 11.3 Å². The van der Waals surface area contributed by atoms with Crippen LogP contribution in [0.1, 0.15) is 12.5 Å². The maximum absolute atomic E-state index is 11.8. The minimum atomic E-state index is -0.427. The fourth-order valence-electron chi connectivity index (χ4n) is 3.43. The minimum Gasteiger partial charge on any atom is -0.423 e. The van der Waals surface area contributed by atoms with Crippen LogP contribution < -0.4 is 9.64 Å². The lowest BCUT2D eigenvalue weighted by molar-refractivity contribution is -0.130. The molecule has 0 atom stereocenters. The molecular formula is C29H25NO2. The highest BCUT2D eigenvalue weighted by molar-refractivity contribution is 5.89. The molecule has 0 unspecified atom stereocenters. The third kappa shape index (κ3) is 4.79. The van der Waals surface area contributed by atoms with Crippen LogP contribution in [0.4, 0.5) is 17.1 Å². The number of ether oxygens (including phenoxy) is 1. The van der Waals surface area contributed by atoms with E-state index in [9.17, 15) is 4.79 Å². The van der Waals surface area contributed by atoms with Crippen molar-refractivity contribution in [3.63, 3.8) is 0 Å². The quantitative estimate of drug-likeness (QED) is 0.183. The second kappa shape index (κ2) is 9.36. The van der Waals surface area contributed by atoms with Gasteiger partial charge in [-0.25, -0.2) is 4.79 Å². The predicted octanol–water partition coefficient (Wildman–Crippen LogP) is 7.61. The molecule has 3 nitrogen and oxygen atoms in total. The van der Waals surface area contributed by atoms with E-state index in [0.717, 1.165) is 17.1 Å². The van der Waals surface area contributed by atoms with Crippen LogP contribution in [-0.4, -0.2) is 5.97 Å². The summed E-state index contributed by atoms with van der Waals surface area (Å²) in [7, 11) is 0. The Bertz CT molecular complexity index is 1210. The molecule has 0 fully saturated rings. The fourth-order valence-corrected chi connectivity index (χ4v) is 3.43. The molecule has 3 heteroatoms. The van der Waals surface area contributed by atoms with Crippen LogP contribution in [0.15, 0.2) is 115 Å². The molecule has 0 heterocycles. The second-order valence-corrected chi connectivity index (χ2v) is 7.75. The molecule has 0 radical (unpaired) electrons. The van der Waals surface area contributed by atoms with Crippen molar-refractivity contribution in [3.05, 3.63) is 121 Å². The van der Waals surface area contributed by atoms with Crippen molar-refractivity contribution in [2.75, 3.05) is 4.90 Å². The Kier molecular flexibility index (Phi) is 6.18. The normalized spacial score (nSPS) is 10.4. The molecule has 0 amide bonds. The highest BCUT2D eigenvalue weighted by atomic mass is 16.5. The molecule has 0 saturated carbocycles. The summed E-state index contributed by atoms with van der Waals surface area (Å²) in [5.74, 6) is 0.0637. The molecule has 0 spiro atoms. The molecule has 0 N–H and O–H groups in total. The van der Waals surface area contributed by atoms with E-state index in [1.165, 1.54) is 16.7 Å². The Labute approximate surface area is 189 Å². The molecular weight excluding hydrogens is 394 g/mol. The van der Waals surface area contributed by atoms with Gasteiger partial charge in [-0.1, -0.05) is 66.7 Å². The third-order valence-corrected chi connectivity index (χ3v) is 5.18. The number of rotatable bonds is 6. The van der Waals surface area contributed by atoms with Crippen LogP contribution >= 0.6 is 0 Å². The fraction of sp³-hybridized carbons (Fsp3) is 0.0690. The predicted molar refractivity (Wildman–Crippen MR) is 132 cm³/mol. The zero-order valence-electron chi connectivity index (χ0n) is 18.3. The lowest BCUT2D eigenvalue weighted by Crippen LogP contribution is -2.10. The highest BCUT2D eigenvalue weighted by Gasteiger charge is 2.13. The summed E-state index contributed by atoms with van der Waals surface area (Å²) in [6, 6.07) is 34.7. The first-order valence-corrected chi connectivity index (χ1v) is 10.5. The average molecular weight is 420 g/mol. The van der Waals surface area contributed by atoms with Gasteiger partial charge in [-0.3, -0.25) is 0 Å². The molecule has 0 aliphatic carbocycles. The molecule has 0 aliphatic rings. The van der Waals surface area contributed by atoms with Gasteiger partial charge in [-0.15, -0.1) is 0 Å². The largest absolute Gasteiger partial charge is 0.423 e. The van der Waals surface area contributed by atoms with Crippen molar-refractivity contribution in [2.24, 2.45) is 0 Å². The summed E-state index contributed by atoms with van der Waals surface area (Å²) in [5.41, 5.74) is 7.03. The monoisotopic (exact) mass is 419 g/mol. The number of nitrogens with zero attached hydrogens (tertiary/aromatic N) is 1. The number of para-hydroxylation sites is 1. The lowest BCUT2D eigenvalue weighted by Gasteiger charge is -2.25. The van der Waals surface area contributed by atoms with Crippen molar-refractivity contribution < 1.29 is 9.53 Å². The standard InChI is InChI=1S/C29H25NO2/c1-21(2)29(31)32-28-19-17-27(18-20-28)30(25-7-5-4-6-8-25)26-15-13-24(14-16-26)23-11-9-22(3)10-12-23/h4-20H,1H2,2-3H3. The van der Waals surface area contributed by atoms with E-state index in [1.807, 2.05) is 30.3 Å². The summed E-state index contributed by atoms with van der Waals surface area (Å²) in [6.07, 6.45) is 0. The van der Waals surface area contributed by atoms with Crippen molar-refractivity contribution in [1.82, 2.24) is 0 Å². The first-order chi connectivity index (χ1) is 15.5. The topological polar surface area (TPSA) is 29.5 Å². The van der Waals surface area contributed by atoms with Gasteiger partial charge in [0, 0.05) is 22.6 Å². The summed E-state index contributed by atoms with van der Waals surface area (Å²) in [4.78, 5) is 14.0. The number of anilines is 3. The Balaban J connectivity index is 1.67. The molecule has 0 saturated heterocycles. The number of esters is 1. The van der Waals surface area contributed by atoms with Crippen LogP contribution in [0.25, 0.3) is 11.1 Å². The molecule has 0 bridgehead atoms. The van der Waals surface area contributed by atoms with Gasteiger partial charge < -0.3 is 9.64 Å². The van der Waals surface area contributed by atoms with E-state index in [-0.39, 0.29) is 0 Å². The maximum atomic E-state index is 11.8. The number of carbonyl (C=O) groups is 1. The number of hydrogen-bond acceptors (Lipinski definition) is 3. The second-order valence-electron chi connectivity index (χ2n) is 7.75. The molecule has 0 aromatic heterocycles. The van der Waals surface area contributed by atoms with E-state index in [2.05, 4.69) is 79.1 Å². The first-order valence-electron chi connectivity index (χ1n) is 10.5. The SMILES string of the molecule is C=C(C)C(=O)Oc1ccc(N(c2ccccc2)c2ccc(-c3ccc(C)cc3)cc2)cc1. The number of aryl methyl sites for hydroxylation is 1. The summed E-state index contributed by atoms with van der Waals surface area (Å²) in [6.45, 7) is 7.35. The van der Waals surface area contributed by atoms with Gasteiger partial charge in [-0.2, -0.15) is 0 Å².